The molecular formula is C10H13BrClNO. The first kappa shape index (κ1) is 11.7. The normalized spacial score (nSPS) is 10.4. The third-order valence-corrected chi connectivity index (χ3v) is 2.46. The van der Waals surface area contributed by atoms with Gasteiger partial charge >= 0.3 is 0 Å². The van der Waals surface area contributed by atoms with E-state index in [1.807, 2.05) is 12.1 Å². The first-order valence-corrected chi connectivity index (χ1v) is 5.51. The highest BCUT2D eigenvalue weighted by Gasteiger charge is 2.09. The van der Waals surface area contributed by atoms with Gasteiger partial charge in [0.2, 0.25) is 0 Å². The number of ether oxygens (including phenoxy) is 1. The van der Waals surface area contributed by atoms with Crippen molar-refractivity contribution in [3.05, 3.63) is 21.6 Å². The molecule has 0 atom stereocenters. The van der Waals surface area contributed by atoms with Crippen LogP contribution in [0.1, 0.15) is 13.8 Å². The van der Waals surface area contributed by atoms with Crippen molar-refractivity contribution in [3.63, 3.8) is 0 Å². The summed E-state index contributed by atoms with van der Waals surface area (Å²) in [5.74, 6) is 0.781. The van der Waals surface area contributed by atoms with E-state index in [2.05, 4.69) is 35.1 Å². The predicted octanol–water partition coefficient (Wildman–Crippen LogP) is 3.93. The molecule has 0 bridgehead atoms. The van der Waals surface area contributed by atoms with Crippen LogP contribution in [0.4, 0.5) is 5.69 Å². The number of hydrogen-bond acceptors (Lipinski definition) is 2. The summed E-state index contributed by atoms with van der Waals surface area (Å²) in [6, 6.07) is 4.01. The van der Waals surface area contributed by atoms with E-state index in [1.54, 1.807) is 7.11 Å². The van der Waals surface area contributed by atoms with Gasteiger partial charge in [0, 0.05) is 11.1 Å². The Kier molecular flexibility index (Phi) is 4.08. The van der Waals surface area contributed by atoms with E-state index in [0.717, 1.165) is 15.9 Å². The Balaban J connectivity index is 3.11. The van der Waals surface area contributed by atoms with Crippen molar-refractivity contribution in [3.8, 4) is 5.75 Å². The van der Waals surface area contributed by atoms with Crippen molar-refractivity contribution < 1.29 is 4.74 Å². The lowest BCUT2D eigenvalue weighted by Gasteiger charge is -2.15. The van der Waals surface area contributed by atoms with Gasteiger partial charge in [0.25, 0.3) is 0 Å². The molecule has 4 heteroatoms. The van der Waals surface area contributed by atoms with Gasteiger partial charge in [0.05, 0.1) is 17.3 Å². The van der Waals surface area contributed by atoms with Gasteiger partial charge in [0.15, 0.2) is 5.75 Å². The highest BCUT2D eigenvalue weighted by Crippen LogP contribution is 2.36. The number of nitrogens with one attached hydrogen (secondary N) is 1. The molecule has 0 fully saturated rings. The van der Waals surface area contributed by atoms with Gasteiger partial charge in [-0.25, -0.2) is 0 Å². The standard InChI is InChI=1S/C10H13BrClNO/c1-6(2)13-9-5-7(12)4-8(11)10(9)14-3/h4-6,13H,1-3H3. The molecular weight excluding hydrogens is 265 g/mol. The molecule has 0 aliphatic heterocycles. The minimum Gasteiger partial charge on any atom is -0.493 e. The minimum atomic E-state index is 0.342. The molecule has 0 amide bonds. The Bertz CT molecular complexity index is 328. The lowest BCUT2D eigenvalue weighted by Crippen LogP contribution is -2.10. The maximum atomic E-state index is 5.94. The van der Waals surface area contributed by atoms with E-state index in [4.69, 9.17) is 16.3 Å². The lowest BCUT2D eigenvalue weighted by atomic mass is 10.2. The molecule has 0 aromatic heterocycles. The van der Waals surface area contributed by atoms with Gasteiger partial charge in [0.1, 0.15) is 0 Å². The molecule has 0 unspecified atom stereocenters. The second-order valence-corrected chi connectivity index (χ2v) is 4.56. The van der Waals surface area contributed by atoms with E-state index in [1.165, 1.54) is 0 Å². The van der Waals surface area contributed by atoms with Crippen LogP contribution < -0.4 is 10.1 Å². The maximum Gasteiger partial charge on any atom is 0.156 e. The molecule has 78 valence electrons. The molecule has 1 rings (SSSR count). The number of benzene rings is 1. The Morgan fingerprint density at radius 1 is 1.43 bits per heavy atom. The molecule has 1 N–H and O–H groups in total. The average molecular weight is 279 g/mol. The first-order chi connectivity index (χ1) is 6.54. The van der Waals surface area contributed by atoms with Gasteiger partial charge in [-0.15, -0.1) is 0 Å². The molecule has 0 saturated heterocycles. The van der Waals surface area contributed by atoms with Crippen LogP contribution in [0.2, 0.25) is 5.02 Å². The molecule has 14 heavy (non-hydrogen) atoms. The number of rotatable bonds is 3. The van der Waals surface area contributed by atoms with E-state index in [9.17, 15) is 0 Å². The fourth-order valence-corrected chi connectivity index (χ4v) is 2.16. The van der Waals surface area contributed by atoms with Gasteiger partial charge in [-0.2, -0.15) is 0 Å². The van der Waals surface area contributed by atoms with Crippen molar-refractivity contribution in [2.24, 2.45) is 0 Å². The Morgan fingerprint density at radius 2 is 2.07 bits per heavy atom. The number of methoxy groups -OCH3 is 1. The van der Waals surface area contributed by atoms with Crippen LogP contribution >= 0.6 is 27.5 Å². The maximum absolute atomic E-state index is 5.94. The van der Waals surface area contributed by atoms with Crippen LogP contribution in [-0.4, -0.2) is 13.2 Å². The number of halogens is 2. The van der Waals surface area contributed by atoms with E-state index >= 15 is 0 Å². The summed E-state index contributed by atoms with van der Waals surface area (Å²) in [6.07, 6.45) is 0. The molecule has 0 aliphatic rings. The zero-order chi connectivity index (χ0) is 10.7. The SMILES string of the molecule is COc1c(Br)cc(Cl)cc1NC(C)C. The summed E-state index contributed by atoms with van der Waals surface area (Å²) in [6.45, 7) is 4.13. The lowest BCUT2D eigenvalue weighted by molar-refractivity contribution is 0.413. The van der Waals surface area contributed by atoms with Gasteiger partial charge in [-0.05, 0) is 41.9 Å². The largest absolute Gasteiger partial charge is 0.493 e. The van der Waals surface area contributed by atoms with Crippen LogP contribution in [0.15, 0.2) is 16.6 Å². The van der Waals surface area contributed by atoms with Crippen molar-refractivity contribution in [2.75, 3.05) is 12.4 Å². The minimum absolute atomic E-state index is 0.342. The van der Waals surface area contributed by atoms with Crippen molar-refractivity contribution in [1.29, 1.82) is 0 Å². The highest BCUT2D eigenvalue weighted by atomic mass is 79.9. The molecule has 0 radical (unpaired) electrons. The molecule has 0 heterocycles. The molecule has 2 nitrogen and oxygen atoms in total. The van der Waals surface area contributed by atoms with Gasteiger partial charge < -0.3 is 10.1 Å². The van der Waals surface area contributed by atoms with E-state index < -0.39 is 0 Å². The van der Waals surface area contributed by atoms with Crippen LogP contribution in [-0.2, 0) is 0 Å². The quantitative estimate of drug-likeness (QED) is 0.904. The highest BCUT2D eigenvalue weighted by molar-refractivity contribution is 9.10. The first-order valence-electron chi connectivity index (χ1n) is 4.34. The number of hydrogen-bond donors (Lipinski definition) is 1. The number of anilines is 1. The second-order valence-electron chi connectivity index (χ2n) is 3.27. The Hall–Kier alpha value is -0.410. The summed E-state index contributed by atoms with van der Waals surface area (Å²) in [4.78, 5) is 0. The summed E-state index contributed by atoms with van der Waals surface area (Å²) in [5.41, 5.74) is 0.905. The third kappa shape index (κ3) is 2.79. The van der Waals surface area contributed by atoms with Crippen LogP contribution in [0, 0.1) is 0 Å². The average Bonchev–Trinajstić information content (AvgIpc) is 2.01. The predicted molar refractivity (Wildman–Crippen MR) is 64.5 cm³/mol. The topological polar surface area (TPSA) is 21.3 Å². The monoisotopic (exact) mass is 277 g/mol. The van der Waals surface area contributed by atoms with E-state index in [0.29, 0.717) is 11.1 Å². The fraction of sp³-hybridized carbons (Fsp3) is 0.400. The molecule has 1 aromatic rings. The molecule has 0 saturated carbocycles. The summed E-state index contributed by atoms with van der Waals surface area (Å²) < 4.78 is 6.12. The van der Waals surface area contributed by atoms with Crippen molar-refractivity contribution in [1.82, 2.24) is 0 Å². The van der Waals surface area contributed by atoms with Gasteiger partial charge in [-0.1, -0.05) is 11.6 Å². The molecule has 0 spiro atoms. The summed E-state index contributed by atoms with van der Waals surface area (Å²) >= 11 is 9.34. The van der Waals surface area contributed by atoms with Crippen LogP contribution in [0.25, 0.3) is 0 Å². The summed E-state index contributed by atoms with van der Waals surface area (Å²) in [7, 11) is 1.64. The van der Waals surface area contributed by atoms with Gasteiger partial charge in [-0.3, -0.25) is 0 Å². The van der Waals surface area contributed by atoms with Crippen molar-refractivity contribution >= 4 is 33.2 Å². The van der Waals surface area contributed by atoms with Crippen LogP contribution in [0.5, 0.6) is 5.75 Å². The molecule has 0 aliphatic carbocycles. The molecule has 1 aromatic carbocycles. The summed E-state index contributed by atoms with van der Waals surface area (Å²) in [5, 5.41) is 3.95. The Labute approximate surface area is 97.7 Å². The van der Waals surface area contributed by atoms with Crippen molar-refractivity contribution in [2.45, 2.75) is 19.9 Å². The zero-order valence-electron chi connectivity index (χ0n) is 8.40. The Morgan fingerprint density at radius 3 is 2.57 bits per heavy atom. The second kappa shape index (κ2) is 4.89. The smallest absolute Gasteiger partial charge is 0.156 e. The fourth-order valence-electron chi connectivity index (χ4n) is 1.19. The third-order valence-electron chi connectivity index (χ3n) is 1.66. The van der Waals surface area contributed by atoms with E-state index in [-0.39, 0.29) is 0 Å². The van der Waals surface area contributed by atoms with Crippen LogP contribution in [0.3, 0.4) is 0 Å². The zero-order valence-corrected chi connectivity index (χ0v) is 10.7.